The molecule has 0 aliphatic heterocycles. The minimum atomic E-state index is 0.346. The van der Waals surface area contributed by atoms with E-state index in [1.807, 2.05) is 0 Å². The van der Waals surface area contributed by atoms with Crippen LogP contribution in [0.15, 0.2) is 0 Å². The van der Waals surface area contributed by atoms with Crippen molar-refractivity contribution in [3.05, 3.63) is 0 Å². The van der Waals surface area contributed by atoms with Gasteiger partial charge in [-0.1, -0.05) is 42.6 Å². The fourth-order valence-corrected chi connectivity index (χ4v) is 2.35. The number of unbranched alkanes of at least 4 members (excludes halogenated alkanes) is 2. The molecule has 0 aromatic rings. The number of halogens is 1. The summed E-state index contributed by atoms with van der Waals surface area (Å²) in [6, 6.07) is 0. The summed E-state index contributed by atoms with van der Waals surface area (Å²) in [6.07, 6.45) is 5.90. The molecule has 74 valence electrons. The Morgan fingerprint density at radius 3 is 2.25 bits per heavy atom. The van der Waals surface area contributed by atoms with Crippen molar-refractivity contribution in [1.82, 2.24) is 0 Å². The molecule has 0 aromatic heterocycles. The second-order valence-electron chi connectivity index (χ2n) is 4.14. The Hall–Kier alpha value is 0.440. The van der Waals surface area contributed by atoms with Crippen LogP contribution in [0.25, 0.3) is 0 Å². The van der Waals surface area contributed by atoms with E-state index in [9.17, 15) is 0 Å². The van der Waals surface area contributed by atoms with E-state index in [2.05, 4.69) is 29.8 Å². The van der Waals surface area contributed by atoms with Crippen molar-refractivity contribution in [3.63, 3.8) is 0 Å². The third-order valence-corrected chi connectivity index (χ3v) is 2.68. The fourth-order valence-electron chi connectivity index (χ4n) is 1.27. The number of alkyl halides is 1. The molecule has 0 aliphatic carbocycles. The summed E-state index contributed by atoms with van der Waals surface area (Å²) in [5.74, 6) is 0. The van der Waals surface area contributed by atoms with E-state index in [-0.39, 0.29) is 0 Å². The molecule has 0 amide bonds. The highest BCUT2D eigenvalue weighted by atomic mass is 79.9. The number of hydrogen-bond acceptors (Lipinski definition) is 1. The van der Waals surface area contributed by atoms with Gasteiger partial charge < -0.3 is 5.11 Å². The zero-order valence-electron chi connectivity index (χ0n) is 8.27. The number of aliphatic hydroxyl groups is 1. The first-order chi connectivity index (χ1) is 5.62. The Balaban J connectivity index is 3.33. The smallest absolute Gasteiger partial charge is 0.0431 e. The van der Waals surface area contributed by atoms with E-state index in [0.717, 1.165) is 11.8 Å². The highest BCUT2D eigenvalue weighted by molar-refractivity contribution is 9.09. The van der Waals surface area contributed by atoms with Gasteiger partial charge >= 0.3 is 0 Å². The second kappa shape index (κ2) is 6.90. The van der Waals surface area contributed by atoms with Crippen molar-refractivity contribution in [2.45, 2.75) is 46.0 Å². The molecule has 0 bridgehead atoms. The van der Waals surface area contributed by atoms with E-state index >= 15 is 0 Å². The van der Waals surface area contributed by atoms with Crippen LogP contribution < -0.4 is 0 Å². The normalized spacial score (nSPS) is 12.0. The summed E-state index contributed by atoms with van der Waals surface area (Å²) >= 11 is 3.47. The van der Waals surface area contributed by atoms with Crippen LogP contribution in [0.3, 0.4) is 0 Å². The average Bonchev–Trinajstić information content (AvgIpc) is 1.98. The molecular formula is C10H21BrO. The molecule has 0 unspecified atom stereocenters. The van der Waals surface area contributed by atoms with E-state index < -0.39 is 0 Å². The quantitative estimate of drug-likeness (QED) is 0.531. The first-order valence-electron chi connectivity index (χ1n) is 4.79. The van der Waals surface area contributed by atoms with Crippen molar-refractivity contribution in [2.75, 3.05) is 11.9 Å². The molecule has 0 saturated carbocycles. The van der Waals surface area contributed by atoms with Crippen molar-refractivity contribution in [2.24, 2.45) is 5.41 Å². The van der Waals surface area contributed by atoms with Crippen molar-refractivity contribution >= 4 is 15.9 Å². The van der Waals surface area contributed by atoms with Crippen LogP contribution in [0.5, 0.6) is 0 Å². The monoisotopic (exact) mass is 236 g/mol. The lowest BCUT2D eigenvalue weighted by atomic mass is 9.84. The predicted molar refractivity (Wildman–Crippen MR) is 57.7 cm³/mol. The van der Waals surface area contributed by atoms with E-state index in [0.29, 0.717) is 12.0 Å². The fraction of sp³-hybridized carbons (Fsp3) is 1.00. The lowest BCUT2D eigenvalue weighted by molar-refractivity contribution is 0.268. The summed E-state index contributed by atoms with van der Waals surface area (Å²) in [5.41, 5.74) is 0.471. The molecule has 1 N–H and O–H groups in total. The molecule has 0 aromatic carbocycles. The number of rotatable bonds is 7. The topological polar surface area (TPSA) is 20.2 Å². The molecule has 0 fully saturated rings. The van der Waals surface area contributed by atoms with Crippen LogP contribution in [-0.2, 0) is 0 Å². The van der Waals surface area contributed by atoms with Crippen molar-refractivity contribution in [3.8, 4) is 0 Å². The number of aliphatic hydroxyl groups excluding tert-OH is 1. The van der Waals surface area contributed by atoms with Gasteiger partial charge in [0.2, 0.25) is 0 Å². The van der Waals surface area contributed by atoms with Gasteiger partial charge in [0.05, 0.1) is 0 Å². The third kappa shape index (κ3) is 7.11. The predicted octanol–water partition coefficient (Wildman–Crippen LogP) is 3.35. The molecule has 0 rings (SSSR count). The lowest BCUT2D eigenvalue weighted by Crippen LogP contribution is -2.11. The van der Waals surface area contributed by atoms with Crippen LogP contribution in [0.4, 0.5) is 0 Å². The van der Waals surface area contributed by atoms with E-state index in [1.165, 1.54) is 25.7 Å². The zero-order valence-corrected chi connectivity index (χ0v) is 9.86. The molecular weight excluding hydrogens is 216 g/mol. The molecule has 0 aliphatic rings. The largest absolute Gasteiger partial charge is 0.396 e. The van der Waals surface area contributed by atoms with Gasteiger partial charge in [0.15, 0.2) is 0 Å². The Morgan fingerprint density at radius 2 is 1.75 bits per heavy atom. The Kier molecular flexibility index (Phi) is 7.16. The van der Waals surface area contributed by atoms with Crippen molar-refractivity contribution in [1.29, 1.82) is 0 Å². The molecule has 12 heavy (non-hydrogen) atoms. The minimum absolute atomic E-state index is 0.346. The standard InChI is InChI=1S/C10H21BrO/c1-10(2,7-8-11)6-4-3-5-9-12/h12H,3-9H2,1-2H3. The van der Waals surface area contributed by atoms with E-state index in [1.54, 1.807) is 0 Å². The molecule has 1 nitrogen and oxygen atoms in total. The SMILES string of the molecule is CC(C)(CCBr)CCCCCO. The third-order valence-electron chi connectivity index (χ3n) is 2.28. The van der Waals surface area contributed by atoms with Crippen molar-refractivity contribution < 1.29 is 5.11 Å². The van der Waals surface area contributed by atoms with Crippen LogP contribution in [0.2, 0.25) is 0 Å². The Morgan fingerprint density at radius 1 is 1.08 bits per heavy atom. The van der Waals surface area contributed by atoms with Crippen LogP contribution >= 0.6 is 15.9 Å². The summed E-state index contributed by atoms with van der Waals surface area (Å²) in [7, 11) is 0. The molecule has 0 radical (unpaired) electrons. The summed E-state index contributed by atoms with van der Waals surface area (Å²) in [5, 5.41) is 9.69. The highest BCUT2D eigenvalue weighted by Gasteiger charge is 2.15. The van der Waals surface area contributed by atoms with Gasteiger partial charge in [-0.05, 0) is 24.7 Å². The molecule has 0 spiro atoms. The number of hydrogen-bond donors (Lipinski definition) is 1. The molecule has 0 atom stereocenters. The van der Waals surface area contributed by atoms with Crippen LogP contribution in [0.1, 0.15) is 46.0 Å². The van der Waals surface area contributed by atoms with Gasteiger partial charge in [-0.3, -0.25) is 0 Å². The lowest BCUT2D eigenvalue weighted by Gasteiger charge is -2.23. The first kappa shape index (κ1) is 12.4. The molecule has 0 saturated heterocycles. The summed E-state index contributed by atoms with van der Waals surface area (Å²) in [4.78, 5) is 0. The minimum Gasteiger partial charge on any atom is -0.396 e. The van der Waals surface area contributed by atoms with Crippen LogP contribution in [0, 0.1) is 5.41 Å². The highest BCUT2D eigenvalue weighted by Crippen LogP contribution is 2.28. The van der Waals surface area contributed by atoms with E-state index in [4.69, 9.17) is 5.11 Å². The van der Waals surface area contributed by atoms with Gasteiger partial charge in [0.1, 0.15) is 0 Å². The Labute approximate surface area is 84.7 Å². The molecule has 2 heteroatoms. The maximum absolute atomic E-state index is 8.59. The molecule has 0 heterocycles. The average molecular weight is 237 g/mol. The first-order valence-corrected chi connectivity index (χ1v) is 5.91. The maximum atomic E-state index is 8.59. The Bertz CT molecular complexity index is 102. The second-order valence-corrected chi connectivity index (χ2v) is 4.93. The van der Waals surface area contributed by atoms with Gasteiger partial charge in [-0.15, -0.1) is 0 Å². The van der Waals surface area contributed by atoms with Gasteiger partial charge in [-0.2, -0.15) is 0 Å². The zero-order chi connectivity index (χ0) is 9.45. The van der Waals surface area contributed by atoms with Gasteiger partial charge in [0, 0.05) is 11.9 Å². The van der Waals surface area contributed by atoms with Gasteiger partial charge in [0.25, 0.3) is 0 Å². The van der Waals surface area contributed by atoms with Gasteiger partial charge in [-0.25, -0.2) is 0 Å². The summed E-state index contributed by atoms with van der Waals surface area (Å²) < 4.78 is 0. The van der Waals surface area contributed by atoms with Crippen LogP contribution in [-0.4, -0.2) is 17.0 Å². The maximum Gasteiger partial charge on any atom is 0.0431 e. The summed E-state index contributed by atoms with van der Waals surface area (Å²) in [6.45, 7) is 4.97.